The number of rotatable bonds is 8. The van der Waals surface area contributed by atoms with Crippen LogP contribution in [0.15, 0.2) is 76.6 Å². The lowest BCUT2D eigenvalue weighted by Gasteiger charge is -2.12. The highest BCUT2D eigenvalue weighted by Crippen LogP contribution is 2.36. The molecule has 1 aliphatic heterocycles. The lowest BCUT2D eigenvalue weighted by atomic mass is 10.1. The zero-order valence-electron chi connectivity index (χ0n) is 20.6. The molecule has 1 heterocycles. The van der Waals surface area contributed by atoms with E-state index in [0.29, 0.717) is 51.0 Å². The molecular weight excluding hydrogens is 512 g/mol. The maximum atomic E-state index is 13.1. The molecular formula is C28H25ClN2O5S. The van der Waals surface area contributed by atoms with Gasteiger partial charge in [-0.05, 0) is 84.4 Å². The number of aliphatic imine (C=N–C) groups is 1. The van der Waals surface area contributed by atoms with Crippen molar-refractivity contribution in [3.63, 3.8) is 0 Å². The lowest BCUT2D eigenvalue weighted by molar-refractivity contribution is -0.122. The molecule has 0 saturated carbocycles. The summed E-state index contributed by atoms with van der Waals surface area (Å²) < 4.78 is 16.2. The Morgan fingerprint density at radius 2 is 1.76 bits per heavy atom. The Morgan fingerprint density at radius 3 is 2.41 bits per heavy atom. The SMILES string of the molecule is CCN1C(=O)/C(=C\c2ccc(OCc3ccc(Cl)cc3)c(OC)c2)SC1=Nc1ccc(C(=O)OC)cc1. The number of benzene rings is 3. The van der Waals surface area contributed by atoms with Gasteiger partial charge in [-0.15, -0.1) is 0 Å². The Morgan fingerprint density at radius 1 is 1.03 bits per heavy atom. The van der Waals surface area contributed by atoms with Crippen molar-refractivity contribution in [3.8, 4) is 11.5 Å². The van der Waals surface area contributed by atoms with Crippen molar-refractivity contribution in [2.45, 2.75) is 13.5 Å². The van der Waals surface area contributed by atoms with Crippen molar-refractivity contribution in [3.05, 3.63) is 93.3 Å². The molecule has 4 rings (SSSR count). The van der Waals surface area contributed by atoms with Gasteiger partial charge in [0.1, 0.15) is 6.61 Å². The average Bonchev–Trinajstić information content (AvgIpc) is 3.21. The molecule has 1 fully saturated rings. The molecule has 0 radical (unpaired) electrons. The molecule has 1 aliphatic rings. The van der Waals surface area contributed by atoms with Gasteiger partial charge in [0.25, 0.3) is 5.91 Å². The standard InChI is InChI=1S/C28H25ClN2O5S/c1-4-31-26(32)25(37-28(31)30-22-12-8-20(9-13-22)27(33)35-3)16-19-7-14-23(24(15-19)34-2)36-17-18-5-10-21(29)11-6-18/h5-16H,4,17H2,1-3H3/b25-16+,30-28?. The zero-order valence-corrected chi connectivity index (χ0v) is 22.1. The first-order valence-electron chi connectivity index (χ1n) is 11.5. The topological polar surface area (TPSA) is 77.4 Å². The number of halogens is 1. The summed E-state index contributed by atoms with van der Waals surface area (Å²) in [5, 5.41) is 1.24. The summed E-state index contributed by atoms with van der Waals surface area (Å²) in [6.07, 6.45) is 1.81. The van der Waals surface area contributed by atoms with Gasteiger partial charge in [-0.2, -0.15) is 0 Å². The number of carbonyl (C=O) groups excluding carboxylic acids is 2. The molecule has 37 heavy (non-hydrogen) atoms. The smallest absolute Gasteiger partial charge is 0.337 e. The average molecular weight is 537 g/mol. The second kappa shape index (κ2) is 12.0. The van der Waals surface area contributed by atoms with Crippen LogP contribution in [-0.4, -0.2) is 42.7 Å². The second-order valence-electron chi connectivity index (χ2n) is 7.92. The Kier molecular flexibility index (Phi) is 8.53. The van der Waals surface area contributed by atoms with E-state index in [0.717, 1.165) is 11.1 Å². The number of amides is 1. The van der Waals surface area contributed by atoms with E-state index >= 15 is 0 Å². The van der Waals surface area contributed by atoms with Crippen molar-refractivity contribution in [2.75, 3.05) is 20.8 Å². The van der Waals surface area contributed by atoms with E-state index in [4.69, 9.17) is 25.8 Å². The van der Waals surface area contributed by atoms with Gasteiger partial charge in [0.2, 0.25) is 0 Å². The van der Waals surface area contributed by atoms with Crippen LogP contribution in [0, 0.1) is 0 Å². The van der Waals surface area contributed by atoms with Gasteiger partial charge >= 0.3 is 5.97 Å². The quantitative estimate of drug-likeness (QED) is 0.247. The van der Waals surface area contributed by atoms with E-state index in [1.807, 2.05) is 55.5 Å². The van der Waals surface area contributed by atoms with Crippen LogP contribution >= 0.6 is 23.4 Å². The summed E-state index contributed by atoms with van der Waals surface area (Å²) in [4.78, 5) is 31.5. The summed E-state index contributed by atoms with van der Waals surface area (Å²) in [6, 6.07) is 19.7. The van der Waals surface area contributed by atoms with E-state index in [2.05, 4.69) is 4.99 Å². The van der Waals surface area contributed by atoms with Gasteiger partial charge in [-0.1, -0.05) is 29.8 Å². The number of amidine groups is 1. The molecule has 0 N–H and O–H groups in total. The molecule has 3 aromatic carbocycles. The van der Waals surface area contributed by atoms with E-state index in [9.17, 15) is 9.59 Å². The fraction of sp³-hybridized carbons (Fsp3) is 0.179. The van der Waals surface area contributed by atoms with Crippen LogP contribution in [0.4, 0.5) is 5.69 Å². The molecule has 0 unspecified atom stereocenters. The van der Waals surface area contributed by atoms with E-state index in [-0.39, 0.29) is 5.91 Å². The maximum absolute atomic E-state index is 13.1. The van der Waals surface area contributed by atoms with Crippen molar-refractivity contribution < 1.29 is 23.8 Å². The predicted molar refractivity (Wildman–Crippen MR) is 147 cm³/mol. The monoisotopic (exact) mass is 536 g/mol. The molecule has 1 saturated heterocycles. The molecule has 7 nitrogen and oxygen atoms in total. The van der Waals surface area contributed by atoms with Crippen molar-refractivity contribution in [1.82, 2.24) is 4.90 Å². The van der Waals surface area contributed by atoms with Crippen molar-refractivity contribution in [1.29, 1.82) is 0 Å². The number of hydrogen-bond donors (Lipinski definition) is 0. The summed E-state index contributed by atoms with van der Waals surface area (Å²) in [5.74, 6) is 0.616. The van der Waals surface area contributed by atoms with Gasteiger partial charge in [0, 0.05) is 11.6 Å². The number of likely N-dealkylation sites (N-methyl/N-ethyl adjacent to an activating group) is 1. The molecule has 0 atom stereocenters. The Bertz CT molecular complexity index is 1350. The van der Waals surface area contributed by atoms with Gasteiger partial charge in [-0.3, -0.25) is 9.69 Å². The highest BCUT2D eigenvalue weighted by Gasteiger charge is 2.32. The van der Waals surface area contributed by atoms with Gasteiger partial charge in [0.15, 0.2) is 16.7 Å². The number of esters is 1. The first-order chi connectivity index (χ1) is 17.9. The predicted octanol–water partition coefficient (Wildman–Crippen LogP) is 6.34. The zero-order chi connectivity index (χ0) is 26.4. The lowest BCUT2D eigenvalue weighted by Crippen LogP contribution is -2.28. The molecule has 0 bridgehead atoms. The van der Waals surface area contributed by atoms with Gasteiger partial charge in [-0.25, -0.2) is 9.79 Å². The fourth-order valence-electron chi connectivity index (χ4n) is 3.56. The van der Waals surface area contributed by atoms with E-state index in [1.165, 1.54) is 18.9 Å². The summed E-state index contributed by atoms with van der Waals surface area (Å²) in [5.41, 5.74) is 2.85. The highest BCUT2D eigenvalue weighted by molar-refractivity contribution is 8.18. The molecule has 9 heteroatoms. The minimum absolute atomic E-state index is 0.125. The minimum Gasteiger partial charge on any atom is -0.493 e. The van der Waals surface area contributed by atoms with Crippen LogP contribution in [0.5, 0.6) is 11.5 Å². The third-order valence-corrected chi connectivity index (χ3v) is 6.77. The Labute approximate surface area is 224 Å². The van der Waals surface area contributed by atoms with Crippen LogP contribution in [-0.2, 0) is 16.1 Å². The number of nitrogens with zero attached hydrogens (tertiary/aromatic N) is 2. The number of carbonyl (C=O) groups is 2. The largest absolute Gasteiger partial charge is 0.493 e. The number of ether oxygens (including phenoxy) is 3. The molecule has 0 spiro atoms. The van der Waals surface area contributed by atoms with Crippen molar-refractivity contribution in [2.24, 2.45) is 4.99 Å². The fourth-order valence-corrected chi connectivity index (χ4v) is 4.75. The maximum Gasteiger partial charge on any atom is 0.337 e. The summed E-state index contributed by atoms with van der Waals surface area (Å²) >= 11 is 7.24. The van der Waals surface area contributed by atoms with E-state index < -0.39 is 5.97 Å². The normalized spacial score (nSPS) is 15.4. The second-order valence-corrected chi connectivity index (χ2v) is 9.36. The van der Waals surface area contributed by atoms with Gasteiger partial charge < -0.3 is 14.2 Å². The van der Waals surface area contributed by atoms with Crippen molar-refractivity contribution >= 4 is 52.2 Å². The molecule has 190 valence electrons. The molecule has 0 aliphatic carbocycles. The van der Waals surface area contributed by atoms with Crippen LogP contribution in [0.1, 0.15) is 28.4 Å². The van der Waals surface area contributed by atoms with Crippen LogP contribution in [0.3, 0.4) is 0 Å². The van der Waals surface area contributed by atoms with Crippen LogP contribution < -0.4 is 9.47 Å². The minimum atomic E-state index is -0.415. The van der Waals surface area contributed by atoms with E-state index in [1.54, 1.807) is 36.3 Å². The van der Waals surface area contributed by atoms with Gasteiger partial charge in [0.05, 0.1) is 30.4 Å². The summed E-state index contributed by atoms with van der Waals surface area (Å²) in [7, 11) is 2.91. The highest BCUT2D eigenvalue weighted by atomic mass is 35.5. The third-order valence-electron chi connectivity index (χ3n) is 5.51. The molecule has 1 amide bonds. The summed E-state index contributed by atoms with van der Waals surface area (Å²) in [6.45, 7) is 2.74. The third kappa shape index (κ3) is 6.34. The van der Waals surface area contributed by atoms with Crippen LogP contribution in [0.25, 0.3) is 6.08 Å². The molecule has 0 aromatic heterocycles. The number of thioether (sulfide) groups is 1. The first-order valence-corrected chi connectivity index (χ1v) is 12.6. The van der Waals surface area contributed by atoms with Crippen LogP contribution in [0.2, 0.25) is 5.02 Å². The number of hydrogen-bond acceptors (Lipinski definition) is 7. The first kappa shape index (κ1) is 26.3. The number of methoxy groups -OCH3 is 2. The molecule has 3 aromatic rings. The Hall–Kier alpha value is -3.75. The Balaban J connectivity index is 1.52.